The van der Waals surface area contributed by atoms with Gasteiger partial charge in [0, 0.05) is 23.2 Å². The third-order valence-electron chi connectivity index (χ3n) is 8.67. The molecule has 6 heteroatoms. The molecule has 1 heterocycles. The van der Waals surface area contributed by atoms with Gasteiger partial charge in [0.05, 0.1) is 12.2 Å². The monoisotopic (exact) mass is 366 g/mol. The van der Waals surface area contributed by atoms with E-state index in [1.54, 1.807) is 0 Å². The SMILES string of the molecule is C[C@H]1[C@H](O)C(=O)[C@@H]2[C@@]3(C)[C@H](O)[C@@H](O)C[C@@H](C)[C@@H]3C[C@H]3OC(=O)C[C@@H]1[C@@]23C. The first-order valence-corrected chi connectivity index (χ1v) is 9.81. The van der Waals surface area contributed by atoms with Gasteiger partial charge in [-0.2, -0.15) is 0 Å². The minimum absolute atomic E-state index is 0.0555. The third-order valence-corrected chi connectivity index (χ3v) is 8.67. The Balaban J connectivity index is 1.91. The van der Waals surface area contributed by atoms with Crippen molar-refractivity contribution in [1.82, 2.24) is 0 Å². The number of esters is 1. The van der Waals surface area contributed by atoms with E-state index in [4.69, 9.17) is 4.74 Å². The number of aliphatic hydroxyl groups is 3. The summed E-state index contributed by atoms with van der Waals surface area (Å²) in [6.45, 7) is 7.73. The Kier molecular flexibility index (Phi) is 3.90. The Morgan fingerprint density at radius 1 is 1.00 bits per heavy atom. The van der Waals surface area contributed by atoms with Crippen LogP contribution in [0, 0.1) is 40.4 Å². The van der Waals surface area contributed by atoms with Crippen molar-refractivity contribution in [3.8, 4) is 0 Å². The number of hydrogen-bond acceptors (Lipinski definition) is 6. The van der Waals surface area contributed by atoms with Gasteiger partial charge in [-0.05, 0) is 36.5 Å². The van der Waals surface area contributed by atoms with Gasteiger partial charge in [0.1, 0.15) is 12.2 Å². The van der Waals surface area contributed by atoms with Crippen molar-refractivity contribution < 1.29 is 29.6 Å². The fourth-order valence-electron chi connectivity index (χ4n) is 7.38. The second-order valence-corrected chi connectivity index (χ2v) is 9.73. The Bertz CT molecular complexity index is 648. The largest absolute Gasteiger partial charge is 0.462 e. The first kappa shape index (κ1) is 18.4. The molecule has 0 spiro atoms. The molecule has 146 valence electrons. The third kappa shape index (κ3) is 1.98. The van der Waals surface area contributed by atoms with Gasteiger partial charge < -0.3 is 20.1 Å². The molecule has 3 N–H and O–H groups in total. The number of Topliss-reactive ketones (excluding diaryl/α,β-unsaturated/α-hetero) is 1. The summed E-state index contributed by atoms with van der Waals surface area (Å²) in [7, 11) is 0. The van der Waals surface area contributed by atoms with Crippen LogP contribution >= 0.6 is 0 Å². The predicted octanol–water partition coefficient (Wildman–Crippen LogP) is 0.908. The Labute approximate surface area is 153 Å². The van der Waals surface area contributed by atoms with Crippen LogP contribution < -0.4 is 0 Å². The van der Waals surface area contributed by atoms with Crippen LogP contribution in [0.3, 0.4) is 0 Å². The van der Waals surface area contributed by atoms with Gasteiger partial charge in [-0.3, -0.25) is 9.59 Å². The highest BCUT2D eigenvalue weighted by molar-refractivity contribution is 5.89. The van der Waals surface area contributed by atoms with Crippen molar-refractivity contribution in [1.29, 1.82) is 0 Å². The summed E-state index contributed by atoms with van der Waals surface area (Å²) in [6, 6.07) is 0. The molecule has 4 rings (SSSR count). The van der Waals surface area contributed by atoms with Gasteiger partial charge in [0.15, 0.2) is 5.78 Å². The van der Waals surface area contributed by atoms with E-state index in [2.05, 4.69) is 0 Å². The molecule has 0 unspecified atom stereocenters. The molecular weight excluding hydrogens is 336 g/mol. The number of aliphatic hydroxyl groups excluding tert-OH is 3. The molecule has 0 amide bonds. The van der Waals surface area contributed by atoms with Crippen molar-refractivity contribution in [2.45, 2.75) is 71.4 Å². The minimum Gasteiger partial charge on any atom is -0.462 e. The molecule has 3 aliphatic carbocycles. The van der Waals surface area contributed by atoms with Crippen molar-refractivity contribution >= 4 is 11.8 Å². The molecule has 4 aliphatic rings. The molecule has 0 bridgehead atoms. The standard InChI is InChI=1S/C20H30O6/c1-8-5-12(21)18(25)20(4)10(8)6-13-19(3)11(7-14(22)26-13)9(2)15(23)16(24)17(19)20/h8-13,15,17-18,21,23,25H,5-7H2,1-4H3/t8-,9-,10+,11+,12+,13-,15+,17+,18-,19-,20+/m1/s1. The lowest BCUT2D eigenvalue weighted by molar-refractivity contribution is -0.273. The van der Waals surface area contributed by atoms with Gasteiger partial charge >= 0.3 is 5.97 Å². The van der Waals surface area contributed by atoms with E-state index in [1.807, 2.05) is 27.7 Å². The highest BCUT2D eigenvalue weighted by Gasteiger charge is 2.73. The van der Waals surface area contributed by atoms with Gasteiger partial charge in [-0.1, -0.05) is 27.7 Å². The zero-order valence-electron chi connectivity index (χ0n) is 15.9. The molecular formula is C20H30O6. The fraction of sp³-hybridized carbons (Fsp3) is 0.900. The van der Waals surface area contributed by atoms with Crippen LogP contribution in [0.25, 0.3) is 0 Å². The molecule has 0 aromatic rings. The number of fused-ring (bicyclic) bond motifs is 2. The molecule has 1 saturated heterocycles. The summed E-state index contributed by atoms with van der Waals surface area (Å²) < 4.78 is 5.75. The number of ether oxygens (including phenoxy) is 1. The molecule has 11 atom stereocenters. The lowest BCUT2D eigenvalue weighted by Crippen LogP contribution is -2.74. The number of rotatable bonds is 0. The van der Waals surface area contributed by atoms with Gasteiger partial charge in [-0.15, -0.1) is 0 Å². The second-order valence-electron chi connectivity index (χ2n) is 9.73. The molecule has 26 heavy (non-hydrogen) atoms. The molecule has 0 aromatic heterocycles. The normalized spacial score (nSPS) is 59.3. The smallest absolute Gasteiger partial charge is 0.306 e. The van der Waals surface area contributed by atoms with E-state index in [0.717, 1.165) is 0 Å². The second kappa shape index (κ2) is 5.52. The van der Waals surface area contributed by atoms with Gasteiger partial charge in [0.2, 0.25) is 0 Å². The number of hydrogen-bond donors (Lipinski definition) is 3. The van der Waals surface area contributed by atoms with E-state index >= 15 is 0 Å². The fourth-order valence-corrected chi connectivity index (χ4v) is 7.38. The van der Waals surface area contributed by atoms with E-state index in [1.165, 1.54) is 0 Å². The first-order chi connectivity index (χ1) is 12.0. The quantitative estimate of drug-likeness (QED) is 0.551. The van der Waals surface area contributed by atoms with Crippen molar-refractivity contribution in [3.05, 3.63) is 0 Å². The highest BCUT2D eigenvalue weighted by Crippen LogP contribution is 2.68. The van der Waals surface area contributed by atoms with E-state index in [0.29, 0.717) is 12.8 Å². The summed E-state index contributed by atoms with van der Waals surface area (Å²) in [5.41, 5.74) is -1.48. The number of carbonyl (C=O) groups is 2. The van der Waals surface area contributed by atoms with Crippen molar-refractivity contribution in [3.63, 3.8) is 0 Å². The molecule has 1 aliphatic heterocycles. The Morgan fingerprint density at radius 2 is 1.65 bits per heavy atom. The molecule has 0 radical (unpaired) electrons. The molecule has 6 nitrogen and oxygen atoms in total. The summed E-state index contributed by atoms with van der Waals surface area (Å²) in [4.78, 5) is 25.6. The molecule has 3 saturated carbocycles. The average molecular weight is 366 g/mol. The van der Waals surface area contributed by atoms with Crippen LogP contribution in [-0.2, 0) is 14.3 Å². The number of carbonyl (C=O) groups excluding carboxylic acids is 2. The minimum atomic E-state index is -1.15. The Morgan fingerprint density at radius 3 is 2.31 bits per heavy atom. The van der Waals surface area contributed by atoms with Crippen LogP contribution in [0.2, 0.25) is 0 Å². The summed E-state index contributed by atoms with van der Waals surface area (Å²) in [5, 5.41) is 32.1. The number of ketones is 1. The predicted molar refractivity (Wildman–Crippen MR) is 91.8 cm³/mol. The maximum Gasteiger partial charge on any atom is 0.306 e. The van der Waals surface area contributed by atoms with Crippen LogP contribution in [-0.4, -0.2) is 51.5 Å². The van der Waals surface area contributed by atoms with Crippen LogP contribution in [0.4, 0.5) is 0 Å². The van der Waals surface area contributed by atoms with E-state index in [9.17, 15) is 24.9 Å². The highest BCUT2D eigenvalue weighted by atomic mass is 16.5. The van der Waals surface area contributed by atoms with Gasteiger partial charge in [-0.25, -0.2) is 0 Å². The lowest BCUT2D eigenvalue weighted by Gasteiger charge is -2.68. The zero-order valence-corrected chi connectivity index (χ0v) is 15.9. The average Bonchev–Trinajstić information content (AvgIpc) is 2.56. The lowest BCUT2D eigenvalue weighted by atomic mass is 9.37. The molecule has 0 aromatic carbocycles. The van der Waals surface area contributed by atoms with Crippen LogP contribution in [0.1, 0.15) is 47.0 Å². The summed E-state index contributed by atoms with van der Waals surface area (Å²) in [5.74, 6) is -1.65. The maximum atomic E-state index is 13.3. The van der Waals surface area contributed by atoms with Crippen LogP contribution in [0.5, 0.6) is 0 Å². The maximum absolute atomic E-state index is 13.3. The zero-order chi connectivity index (χ0) is 19.2. The van der Waals surface area contributed by atoms with Crippen LogP contribution in [0.15, 0.2) is 0 Å². The Hall–Kier alpha value is -0.980. The van der Waals surface area contributed by atoms with Crippen molar-refractivity contribution in [2.24, 2.45) is 40.4 Å². The topological polar surface area (TPSA) is 104 Å². The van der Waals surface area contributed by atoms with Gasteiger partial charge in [0.25, 0.3) is 0 Å². The summed E-state index contributed by atoms with van der Waals surface area (Å²) in [6.07, 6.45) is -2.23. The first-order valence-electron chi connectivity index (χ1n) is 9.81. The van der Waals surface area contributed by atoms with Crippen molar-refractivity contribution in [2.75, 3.05) is 0 Å². The molecule has 4 fully saturated rings. The summed E-state index contributed by atoms with van der Waals surface area (Å²) >= 11 is 0. The van der Waals surface area contributed by atoms with E-state index in [-0.39, 0.29) is 47.9 Å². The van der Waals surface area contributed by atoms with E-state index < -0.39 is 35.1 Å².